The van der Waals surface area contributed by atoms with Crippen molar-refractivity contribution in [2.45, 2.75) is 6.92 Å². The first kappa shape index (κ1) is 9.77. The highest BCUT2D eigenvalue weighted by atomic mass is 15.4. The Labute approximate surface area is 97.9 Å². The lowest BCUT2D eigenvalue weighted by atomic mass is 10.1. The lowest BCUT2D eigenvalue weighted by Gasteiger charge is -2.02. The second-order valence-corrected chi connectivity index (χ2v) is 3.89. The van der Waals surface area contributed by atoms with E-state index in [1.165, 1.54) is 0 Å². The van der Waals surface area contributed by atoms with Crippen molar-refractivity contribution in [3.8, 4) is 11.4 Å². The van der Waals surface area contributed by atoms with Crippen LogP contribution in [-0.4, -0.2) is 19.8 Å². The first-order valence-electron chi connectivity index (χ1n) is 5.28. The average Bonchev–Trinajstić information content (AvgIpc) is 2.76. The van der Waals surface area contributed by atoms with Crippen LogP contribution in [0.15, 0.2) is 36.5 Å². The molecule has 2 heterocycles. The number of aryl methyl sites for hydroxylation is 1. The van der Waals surface area contributed by atoms with E-state index >= 15 is 0 Å². The molecule has 0 aliphatic rings. The Hall–Kier alpha value is -2.43. The highest BCUT2D eigenvalue weighted by Crippen LogP contribution is 2.21. The Balaban J connectivity index is 2.24. The molecule has 1 aromatic carbocycles. The van der Waals surface area contributed by atoms with Crippen molar-refractivity contribution in [1.82, 2.24) is 19.8 Å². The van der Waals surface area contributed by atoms with E-state index < -0.39 is 0 Å². The zero-order chi connectivity index (χ0) is 11.8. The molecule has 0 saturated carbocycles. The van der Waals surface area contributed by atoms with Gasteiger partial charge in [0.15, 0.2) is 11.5 Å². The van der Waals surface area contributed by atoms with Crippen LogP contribution in [0.5, 0.6) is 0 Å². The average molecular weight is 225 g/mol. The number of nitrogen functional groups attached to an aromatic ring is 1. The number of fused-ring (bicyclic) bond motifs is 1. The quantitative estimate of drug-likeness (QED) is 0.640. The van der Waals surface area contributed by atoms with Gasteiger partial charge < -0.3 is 5.73 Å². The summed E-state index contributed by atoms with van der Waals surface area (Å²) in [6.07, 6.45) is 1.71. The standard InChI is InChI=1S/C12H11N5/c1-8-7-9(4-5-10(8)13)12-16-15-11-3-2-6-14-17(11)12/h2-7H,13H2,1H3. The largest absolute Gasteiger partial charge is 0.399 e. The van der Waals surface area contributed by atoms with E-state index in [0.717, 1.165) is 28.3 Å². The summed E-state index contributed by atoms with van der Waals surface area (Å²) in [4.78, 5) is 0. The number of anilines is 1. The smallest absolute Gasteiger partial charge is 0.185 e. The SMILES string of the molecule is Cc1cc(-c2nnc3cccnn23)ccc1N. The minimum Gasteiger partial charge on any atom is -0.399 e. The van der Waals surface area contributed by atoms with E-state index in [1.807, 2.05) is 37.3 Å². The van der Waals surface area contributed by atoms with Gasteiger partial charge in [-0.1, -0.05) is 0 Å². The van der Waals surface area contributed by atoms with Crippen molar-refractivity contribution in [3.05, 3.63) is 42.1 Å². The fourth-order valence-electron chi connectivity index (χ4n) is 1.74. The summed E-state index contributed by atoms with van der Waals surface area (Å²) in [5.74, 6) is 0.726. The van der Waals surface area contributed by atoms with Crippen LogP contribution in [-0.2, 0) is 0 Å². The van der Waals surface area contributed by atoms with E-state index in [0.29, 0.717) is 0 Å². The van der Waals surface area contributed by atoms with Gasteiger partial charge in [0.05, 0.1) is 0 Å². The molecule has 0 bridgehead atoms. The summed E-state index contributed by atoms with van der Waals surface area (Å²) in [7, 11) is 0. The van der Waals surface area contributed by atoms with Gasteiger partial charge in [-0.05, 0) is 42.8 Å². The number of benzene rings is 1. The Morgan fingerprint density at radius 1 is 1.18 bits per heavy atom. The van der Waals surface area contributed by atoms with E-state index in [4.69, 9.17) is 5.73 Å². The molecule has 0 aliphatic heterocycles. The second kappa shape index (κ2) is 3.55. The third kappa shape index (κ3) is 1.52. The molecule has 0 spiro atoms. The maximum Gasteiger partial charge on any atom is 0.185 e. The van der Waals surface area contributed by atoms with E-state index in [1.54, 1.807) is 10.7 Å². The Bertz CT molecular complexity index is 686. The van der Waals surface area contributed by atoms with Crippen LogP contribution in [0.1, 0.15) is 5.56 Å². The van der Waals surface area contributed by atoms with Gasteiger partial charge in [0.25, 0.3) is 0 Å². The monoisotopic (exact) mass is 225 g/mol. The van der Waals surface area contributed by atoms with E-state index in [-0.39, 0.29) is 0 Å². The highest BCUT2D eigenvalue weighted by Gasteiger charge is 2.08. The second-order valence-electron chi connectivity index (χ2n) is 3.89. The lowest BCUT2D eigenvalue weighted by Crippen LogP contribution is -1.95. The Morgan fingerprint density at radius 3 is 2.88 bits per heavy atom. The minimum atomic E-state index is 0.726. The van der Waals surface area contributed by atoms with Gasteiger partial charge in [-0.25, -0.2) is 0 Å². The number of rotatable bonds is 1. The van der Waals surface area contributed by atoms with E-state index in [2.05, 4.69) is 15.3 Å². The van der Waals surface area contributed by atoms with Gasteiger partial charge in [-0.3, -0.25) is 0 Å². The number of aromatic nitrogens is 4. The predicted octanol–water partition coefficient (Wildman–Crippen LogP) is 1.68. The molecule has 2 aromatic heterocycles. The van der Waals surface area contributed by atoms with Crippen LogP contribution in [0.4, 0.5) is 5.69 Å². The Morgan fingerprint density at radius 2 is 2.06 bits per heavy atom. The van der Waals surface area contributed by atoms with Gasteiger partial charge in [-0.2, -0.15) is 9.61 Å². The molecule has 0 unspecified atom stereocenters. The molecular formula is C12H11N5. The zero-order valence-corrected chi connectivity index (χ0v) is 9.33. The van der Waals surface area contributed by atoms with Crippen molar-refractivity contribution in [2.75, 3.05) is 5.73 Å². The molecule has 17 heavy (non-hydrogen) atoms. The molecule has 84 valence electrons. The van der Waals surface area contributed by atoms with Gasteiger partial charge in [-0.15, -0.1) is 10.2 Å². The van der Waals surface area contributed by atoms with Crippen molar-refractivity contribution >= 4 is 11.3 Å². The van der Waals surface area contributed by atoms with Crippen LogP contribution >= 0.6 is 0 Å². The molecule has 0 aliphatic carbocycles. The third-order valence-corrected chi connectivity index (χ3v) is 2.71. The van der Waals surface area contributed by atoms with Crippen molar-refractivity contribution < 1.29 is 0 Å². The Kier molecular flexibility index (Phi) is 2.04. The van der Waals surface area contributed by atoms with Gasteiger partial charge >= 0.3 is 0 Å². The van der Waals surface area contributed by atoms with Crippen LogP contribution in [0.2, 0.25) is 0 Å². The zero-order valence-electron chi connectivity index (χ0n) is 9.33. The van der Waals surface area contributed by atoms with Crippen molar-refractivity contribution in [3.63, 3.8) is 0 Å². The molecule has 3 rings (SSSR count). The maximum absolute atomic E-state index is 5.80. The van der Waals surface area contributed by atoms with Crippen LogP contribution < -0.4 is 5.73 Å². The summed E-state index contributed by atoms with van der Waals surface area (Å²) in [5.41, 5.74) is 9.29. The fraction of sp³-hybridized carbons (Fsp3) is 0.0833. The molecule has 0 radical (unpaired) electrons. The molecule has 0 atom stereocenters. The number of hydrogen-bond acceptors (Lipinski definition) is 4. The molecule has 5 heteroatoms. The van der Waals surface area contributed by atoms with Gasteiger partial charge in [0, 0.05) is 17.4 Å². The van der Waals surface area contributed by atoms with Crippen molar-refractivity contribution in [2.24, 2.45) is 0 Å². The van der Waals surface area contributed by atoms with Crippen LogP contribution in [0.3, 0.4) is 0 Å². The summed E-state index contributed by atoms with van der Waals surface area (Å²) in [5, 5.41) is 12.4. The summed E-state index contributed by atoms with van der Waals surface area (Å²) in [6, 6.07) is 9.48. The molecule has 3 aromatic rings. The summed E-state index contributed by atoms with van der Waals surface area (Å²) >= 11 is 0. The van der Waals surface area contributed by atoms with E-state index in [9.17, 15) is 0 Å². The number of nitrogens with two attached hydrogens (primary N) is 1. The van der Waals surface area contributed by atoms with Crippen LogP contribution in [0.25, 0.3) is 17.0 Å². The molecular weight excluding hydrogens is 214 g/mol. The van der Waals surface area contributed by atoms with Crippen LogP contribution in [0, 0.1) is 6.92 Å². The fourth-order valence-corrected chi connectivity index (χ4v) is 1.74. The highest BCUT2D eigenvalue weighted by molar-refractivity contribution is 5.63. The molecule has 0 amide bonds. The van der Waals surface area contributed by atoms with Gasteiger partial charge in [0.1, 0.15) is 0 Å². The molecule has 2 N–H and O–H groups in total. The van der Waals surface area contributed by atoms with Crippen molar-refractivity contribution in [1.29, 1.82) is 0 Å². The first-order chi connectivity index (χ1) is 8.25. The number of hydrogen-bond donors (Lipinski definition) is 1. The number of nitrogens with zero attached hydrogens (tertiary/aromatic N) is 4. The lowest BCUT2D eigenvalue weighted by molar-refractivity contribution is 0.935. The van der Waals surface area contributed by atoms with Gasteiger partial charge in [0.2, 0.25) is 0 Å². The predicted molar refractivity (Wildman–Crippen MR) is 65.4 cm³/mol. The minimum absolute atomic E-state index is 0.726. The normalized spacial score (nSPS) is 10.9. The summed E-state index contributed by atoms with van der Waals surface area (Å²) < 4.78 is 1.71. The molecule has 0 saturated heterocycles. The summed E-state index contributed by atoms with van der Waals surface area (Å²) in [6.45, 7) is 1.97. The third-order valence-electron chi connectivity index (χ3n) is 2.71. The maximum atomic E-state index is 5.80. The molecule has 0 fully saturated rings. The molecule has 5 nitrogen and oxygen atoms in total. The first-order valence-corrected chi connectivity index (χ1v) is 5.28. The topological polar surface area (TPSA) is 69.1 Å².